The summed E-state index contributed by atoms with van der Waals surface area (Å²) in [5.74, 6) is -5.92. The van der Waals surface area contributed by atoms with Crippen molar-refractivity contribution < 1.29 is 39.0 Å². The molecular weight excluding hydrogens is 588 g/mol. The van der Waals surface area contributed by atoms with Crippen molar-refractivity contribution in [3.8, 4) is 5.75 Å². The lowest BCUT2D eigenvalue weighted by molar-refractivity contribution is -0.141. The summed E-state index contributed by atoms with van der Waals surface area (Å²) >= 11 is 0. The van der Waals surface area contributed by atoms with E-state index in [9.17, 15) is 39.0 Å². The van der Waals surface area contributed by atoms with Gasteiger partial charge < -0.3 is 48.3 Å². The average molecular weight is 633 g/mol. The number of aromatic hydroxyl groups is 1. The molecule has 1 aliphatic rings. The van der Waals surface area contributed by atoms with Crippen LogP contribution in [0.3, 0.4) is 0 Å². The molecule has 2 rings (SSSR count). The molecule has 1 heterocycles. The van der Waals surface area contributed by atoms with Crippen LogP contribution in [0.1, 0.15) is 50.5 Å². The number of carboxylic acid groups (broad SMARTS) is 1. The molecule has 16 nitrogen and oxygen atoms in total. The van der Waals surface area contributed by atoms with Gasteiger partial charge in [0, 0.05) is 25.3 Å². The van der Waals surface area contributed by atoms with Crippen LogP contribution in [0.15, 0.2) is 29.3 Å². The van der Waals surface area contributed by atoms with Crippen LogP contribution in [0.5, 0.6) is 5.75 Å². The van der Waals surface area contributed by atoms with Gasteiger partial charge in [-0.2, -0.15) is 0 Å². The van der Waals surface area contributed by atoms with E-state index >= 15 is 0 Å². The van der Waals surface area contributed by atoms with Gasteiger partial charge in [0.15, 0.2) is 11.7 Å². The number of nitrogens with zero attached hydrogens (tertiary/aromatic N) is 1. The normalized spacial score (nSPS) is 21.8. The van der Waals surface area contributed by atoms with Crippen molar-refractivity contribution in [2.24, 2.45) is 22.4 Å². The number of unbranched alkanes of at least 4 members (excludes halogenated alkanes) is 1. The largest absolute Gasteiger partial charge is 0.508 e. The summed E-state index contributed by atoms with van der Waals surface area (Å²) < 4.78 is 0. The Labute approximate surface area is 261 Å². The minimum absolute atomic E-state index is 0.0146. The fourth-order valence-corrected chi connectivity index (χ4v) is 4.74. The van der Waals surface area contributed by atoms with Gasteiger partial charge in [0.2, 0.25) is 23.6 Å². The summed E-state index contributed by atoms with van der Waals surface area (Å²) in [6.45, 7) is 0.362. The smallest absolute Gasteiger partial charge is 0.305 e. The number of Topliss-reactive ketones (excluding diaryl/α,β-unsaturated/α-hetero) is 1. The van der Waals surface area contributed by atoms with Gasteiger partial charge in [0.25, 0.3) is 0 Å². The van der Waals surface area contributed by atoms with Crippen LogP contribution in [-0.2, 0) is 35.2 Å². The van der Waals surface area contributed by atoms with Gasteiger partial charge in [-0.3, -0.25) is 33.8 Å². The number of carbonyl (C=O) groups is 6. The molecule has 1 fully saturated rings. The molecular formula is C29H44N8O8. The number of aliphatic carboxylic acids is 1. The first kappa shape index (κ1) is 36.5. The first-order valence-corrected chi connectivity index (χ1v) is 14.8. The Bertz CT molecular complexity index is 1220. The fraction of sp³-hybridized carbons (Fsp3) is 0.552. The monoisotopic (exact) mass is 632 g/mol. The molecule has 0 saturated carbocycles. The average Bonchev–Trinajstić information content (AvgIpc) is 2.98. The Hall–Kier alpha value is -4.73. The number of aliphatic imine (C=N–C) groups is 1. The molecule has 11 N–H and O–H groups in total. The number of nitrogens with two attached hydrogens (primary N) is 2. The summed E-state index contributed by atoms with van der Waals surface area (Å²) in [6, 6.07) is 1.97. The minimum atomic E-state index is -1.56. The number of hydrogen-bond acceptors (Lipinski definition) is 9. The van der Waals surface area contributed by atoms with Crippen molar-refractivity contribution in [3.63, 3.8) is 0 Å². The predicted octanol–water partition coefficient (Wildman–Crippen LogP) is -1.99. The molecule has 1 aromatic rings. The molecule has 1 aliphatic heterocycles. The lowest BCUT2D eigenvalue weighted by Gasteiger charge is -2.26. The molecule has 0 aliphatic carbocycles. The quantitative estimate of drug-likeness (QED) is 0.0653. The van der Waals surface area contributed by atoms with E-state index in [4.69, 9.17) is 11.5 Å². The number of hydrogen-bond donors (Lipinski definition) is 9. The van der Waals surface area contributed by atoms with E-state index in [0.29, 0.717) is 31.4 Å². The summed E-state index contributed by atoms with van der Waals surface area (Å²) in [5.41, 5.74) is 11.3. The van der Waals surface area contributed by atoms with Crippen molar-refractivity contribution in [2.75, 3.05) is 26.7 Å². The Morgan fingerprint density at radius 3 is 2.18 bits per heavy atom. The van der Waals surface area contributed by atoms with E-state index in [1.807, 2.05) is 0 Å². The van der Waals surface area contributed by atoms with Crippen molar-refractivity contribution in [3.05, 3.63) is 29.8 Å². The second-order valence-electron chi connectivity index (χ2n) is 10.9. The van der Waals surface area contributed by atoms with Gasteiger partial charge >= 0.3 is 5.97 Å². The highest BCUT2D eigenvalue weighted by atomic mass is 16.4. The topological polar surface area (TPSA) is 267 Å². The summed E-state index contributed by atoms with van der Waals surface area (Å²) in [6.07, 6.45) is 0.868. The third-order valence-electron chi connectivity index (χ3n) is 7.13. The van der Waals surface area contributed by atoms with E-state index in [-0.39, 0.29) is 43.9 Å². The highest BCUT2D eigenvalue weighted by Crippen LogP contribution is 2.16. The van der Waals surface area contributed by atoms with E-state index < -0.39 is 72.4 Å². The van der Waals surface area contributed by atoms with Crippen LogP contribution >= 0.6 is 0 Å². The molecule has 0 aromatic heterocycles. The van der Waals surface area contributed by atoms with Crippen LogP contribution < -0.4 is 38.1 Å². The van der Waals surface area contributed by atoms with E-state index in [1.54, 1.807) is 19.2 Å². The molecule has 0 spiro atoms. The van der Waals surface area contributed by atoms with Gasteiger partial charge in [-0.1, -0.05) is 12.1 Å². The maximum Gasteiger partial charge on any atom is 0.305 e. The van der Waals surface area contributed by atoms with Crippen LogP contribution in [0.4, 0.5) is 0 Å². The minimum Gasteiger partial charge on any atom is -0.508 e. The van der Waals surface area contributed by atoms with Crippen molar-refractivity contribution in [2.45, 2.75) is 69.5 Å². The highest BCUT2D eigenvalue weighted by Gasteiger charge is 2.33. The zero-order valence-corrected chi connectivity index (χ0v) is 25.3. The summed E-state index contributed by atoms with van der Waals surface area (Å²) in [4.78, 5) is 81.8. The Kier molecular flexibility index (Phi) is 15.3. The third-order valence-corrected chi connectivity index (χ3v) is 7.13. The Morgan fingerprint density at radius 1 is 0.889 bits per heavy atom. The lowest BCUT2D eigenvalue weighted by Crippen LogP contribution is -2.57. The van der Waals surface area contributed by atoms with Crippen LogP contribution in [0, 0.1) is 5.92 Å². The first-order chi connectivity index (χ1) is 21.4. The molecule has 0 radical (unpaired) electrons. The number of benzene rings is 1. The number of guanidine groups is 1. The second-order valence-corrected chi connectivity index (χ2v) is 10.9. The molecule has 1 saturated heterocycles. The number of phenols is 1. The molecule has 1 aromatic carbocycles. The molecule has 0 bridgehead atoms. The number of rotatable bonds is 13. The van der Waals surface area contributed by atoms with Crippen LogP contribution in [0.25, 0.3) is 0 Å². The maximum absolute atomic E-state index is 13.6. The standard InChI is InChI=1S/C29H44N8O8/c1-32-11-3-2-6-21-27(44)36-22(13-17-7-9-19(38)10-8-17)28(45)37-23(15-24(40)41)26(43)34-16-20(39)14-18(25(42)35-21)5-4-12-33-29(30)31/h7-10,18,21-23,32,38H,2-6,11-16H2,1H3,(H,34,43)(H,35,42)(H,36,44)(H,37,45)(H,40,41)(H4,30,31,33). The third kappa shape index (κ3) is 13.6. The van der Waals surface area contributed by atoms with Gasteiger partial charge in [0.05, 0.1) is 13.0 Å². The van der Waals surface area contributed by atoms with E-state index in [1.165, 1.54) is 12.1 Å². The molecule has 4 amide bonds. The summed E-state index contributed by atoms with van der Waals surface area (Å²) in [5, 5.41) is 32.2. The van der Waals surface area contributed by atoms with Crippen molar-refractivity contribution in [1.82, 2.24) is 26.6 Å². The maximum atomic E-state index is 13.6. The van der Waals surface area contributed by atoms with Crippen molar-refractivity contribution >= 4 is 41.3 Å². The first-order valence-electron chi connectivity index (χ1n) is 14.8. The predicted molar refractivity (Wildman–Crippen MR) is 164 cm³/mol. The zero-order chi connectivity index (χ0) is 33.4. The van der Waals surface area contributed by atoms with Gasteiger partial charge in [-0.25, -0.2) is 0 Å². The number of carboxylic acids is 1. The molecule has 45 heavy (non-hydrogen) atoms. The highest BCUT2D eigenvalue weighted by molar-refractivity contribution is 5.97. The number of nitrogens with one attached hydrogen (secondary N) is 5. The number of amides is 4. The summed E-state index contributed by atoms with van der Waals surface area (Å²) in [7, 11) is 1.78. The van der Waals surface area contributed by atoms with Gasteiger partial charge in [-0.05, 0) is 63.4 Å². The molecule has 4 unspecified atom stereocenters. The van der Waals surface area contributed by atoms with Crippen LogP contribution in [0.2, 0.25) is 0 Å². The van der Waals surface area contributed by atoms with Crippen LogP contribution in [-0.4, -0.2) is 96.4 Å². The number of phenolic OH excluding ortho intramolecular Hbond substituents is 1. The molecule has 248 valence electrons. The van der Waals surface area contributed by atoms with E-state index in [2.05, 4.69) is 31.6 Å². The number of ketones is 1. The zero-order valence-electron chi connectivity index (χ0n) is 25.3. The lowest BCUT2D eigenvalue weighted by atomic mass is 9.94. The Balaban J connectivity index is 2.46. The fourth-order valence-electron chi connectivity index (χ4n) is 4.74. The molecule has 4 atom stereocenters. The van der Waals surface area contributed by atoms with E-state index in [0.717, 1.165) is 0 Å². The molecule has 16 heteroatoms. The van der Waals surface area contributed by atoms with Gasteiger partial charge in [-0.15, -0.1) is 0 Å². The number of carbonyl (C=O) groups excluding carboxylic acids is 5. The second kappa shape index (κ2) is 18.8. The van der Waals surface area contributed by atoms with Gasteiger partial charge in [0.1, 0.15) is 23.9 Å². The van der Waals surface area contributed by atoms with Crippen molar-refractivity contribution in [1.29, 1.82) is 0 Å². The Morgan fingerprint density at radius 2 is 1.53 bits per heavy atom. The SMILES string of the molecule is CNCCCCC1NC(=O)C(CCCN=C(N)N)CC(=O)CNC(=O)C(CC(=O)O)NC(=O)C(Cc2ccc(O)cc2)NC1=O.